The Labute approximate surface area is 150 Å². The molecule has 4 nitrogen and oxygen atoms in total. The number of piperidine rings is 1. The predicted molar refractivity (Wildman–Crippen MR) is 99.6 cm³/mol. The fraction of sp³-hybridized carbons (Fsp3) is 0.588. The number of fused-ring (bicyclic) bond motifs is 1. The third kappa shape index (κ3) is 3.50. The first-order valence-corrected chi connectivity index (χ1v) is 8.09. The Kier molecular flexibility index (Phi) is 5.95. The normalized spacial score (nSPS) is 20.4. The van der Waals surface area contributed by atoms with E-state index in [0.29, 0.717) is 5.41 Å². The highest BCUT2D eigenvalue weighted by Gasteiger charge is 2.38. The smallest absolute Gasteiger partial charge is 0.123 e. The number of halogens is 2. The SMILES string of the molecule is Cl.Cl.Cn1c(CN2CCC3(CCNCC3)C2)nc2ccccc21. The number of para-hydroxylation sites is 2. The number of hydrogen-bond acceptors (Lipinski definition) is 3. The first-order valence-electron chi connectivity index (χ1n) is 8.09. The molecule has 23 heavy (non-hydrogen) atoms. The van der Waals surface area contributed by atoms with E-state index in [2.05, 4.69) is 46.1 Å². The number of likely N-dealkylation sites (tertiary alicyclic amines) is 1. The highest BCUT2D eigenvalue weighted by Crippen LogP contribution is 2.39. The monoisotopic (exact) mass is 356 g/mol. The standard InChI is InChI=1S/C17H24N4.2ClH/c1-20-15-5-3-2-4-14(15)19-16(20)12-21-11-8-17(13-21)6-9-18-10-7-17;;/h2-5,18H,6-13H2,1H3;2*1H. The molecule has 0 atom stereocenters. The Hall–Kier alpha value is -0.810. The van der Waals surface area contributed by atoms with Crippen LogP contribution in [0, 0.1) is 5.41 Å². The zero-order chi connectivity index (χ0) is 14.3. The van der Waals surface area contributed by atoms with Gasteiger partial charge < -0.3 is 9.88 Å². The summed E-state index contributed by atoms with van der Waals surface area (Å²) in [4.78, 5) is 7.42. The molecule has 6 heteroatoms. The minimum Gasteiger partial charge on any atom is -0.330 e. The molecule has 4 rings (SSSR count). The van der Waals surface area contributed by atoms with Crippen LogP contribution in [-0.2, 0) is 13.6 Å². The van der Waals surface area contributed by atoms with Crippen molar-refractivity contribution in [2.24, 2.45) is 12.5 Å². The van der Waals surface area contributed by atoms with Gasteiger partial charge in [-0.3, -0.25) is 4.90 Å². The van der Waals surface area contributed by atoms with Crippen LogP contribution in [0.3, 0.4) is 0 Å². The van der Waals surface area contributed by atoms with Crippen molar-refractivity contribution in [3.05, 3.63) is 30.1 Å². The summed E-state index contributed by atoms with van der Waals surface area (Å²) in [7, 11) is 2.14. The van der Waals surface area contributed by atoms with E-state index in [1.165, 1.54) is 56.8 Å². The van der Waals surface area contributed by atoms with Crippen molar-refractivity contribution in [3.63, 3.8) is 0 Å². The van der Waals surface area contributed by atoms with Crippen LogP contribution in [0.25, 0.3) is 11.0 Å². The van der Waals surface area contributed by atoms with Crippen molar-refractivity contribution in [1.29, 1.82) is 0 Å². The molecule has 128 valence electrons. The molecule has 0 bridgehead atoms. The van der Waals surface area contributed by atoms with Gasteiger partial charge in [-0.2, -0.15) is 0 Å². The number of nitrogens with one attached hydrogen (secondary N) is 1. The van der Waals surface area contributed by atoms with E-state index >= 15 is 0 Å². The van der Waals surface area contributed by atoms with E-state index in [0.717, 1.165) is 12.1 Å². The van der Waals surface area contributed by atoms with Gasteiger partial charge in [0, 0.05) is 13.6 Å². The molecule has 0 aliphatic carbocycles. The third-order valence-corrected chi connectivity index (χ3v) is 5.43. The molecule has 1 aromatic heterocycles. The van der Waals surface area contributed by atoms with Gasteiger partial charge in [0.15, 0.2) is 0 Å². The highest BCUT2D eigenvalue weighted by atomic mass is 35.5. The minimum atomic E-state index is 0. The first-order chi connectivity index (χ1) is 10.3. The van der Waals surface area contributed by atoms with E-state index in [1.54, 1.807) is 0 Å². The molecule has 0 unspecified atom stereocenters. The second-order valence-corrected chi connectivity index (χ2v) is 6.79. The van der Waals surface area contributed by atoms with Crippen LogP contribution in [0.15, 0.2) is 24.3 Å². The highest BCUT2D eigenvalue weighted by molar-refractivity contribution is 5.85. The van der Waals surface area contributed by atoms with Gasteiger partial charge in [-0.25, -0.2) is 4.98 Å². The molecule has 2 fully saturated rings. The second kappa shape index (κ2) is 7.39. The second-order valence-electron chi connectivity index (χ2n) is 6.79. The Balaban J connectivity index is 0.000000960. The third-order valence-electron chi connectivity index (χ3n) is 5.43. The maximum Gasteiger partial charge on any atom is 0.123 e. The molecule has 1 N–H and O–H groups in total. The van der Waals surface area contributed by atoms with Crippen molar-refractivity contribution in [3.8, 4) is 0 Å². The largest absolute Gasteiger partial charge is 0.330 e. The summed E-state index contributed by atoms with van der Waals surface area (Å²) in [6.07, 6.45) is 4.04. The number of nitrogens with zero attached hydrogens (tertiary/aromatic N) is 3. The summed E-state index contributed by atoms with van der Waals surface area (Å²) in [5, 5.41) is 3.49. The lowest BCUT2D eigenvalue weighted by Crippen LogP contribution is -2.38. The number of aryl methyl sites for hydroxylation is 1. The molecule has 2 saturated heterocycles. The fourth-order valence-electron chi connectivity index (χ4n) is 4.06. The maximum atomic E-state index is 4.82. The average Bonchev–Trinajstić information content (AvgIpc) is 3.03. The molecule has 2 aromatic rings. The molecule has 0 radical (unpaired) electrons. The zero-order valence-corrected chi connectivity index (χ0v) is 15.3. The van der Waals surface area contributed by atoms with Crippen molar-refractivity contribution >= 4 is 35.8 Å². The summed E-state index contributed by atoms with van der Waals surface area (Å²) in [5.41, 5.74) is 2.93. The van der Waals surface area contributed by atoms with Gasteiger partial charge in [0.2, 0.25) is 0 Å². The molecule has 3 heterocycles. The van der Waals surface area contributed by atoms with Crippen molar-refractivity contribution in [2.45, 2.75) is 25.8 Å². The maximum absolute atomic E-state index is 4.82. The summed E-state index contributed by atoms with van der Waals surface area (Å²) in [6.45, 7) is 5.85. The van der Waals surface area contributed by atoms with Crippen LogP contribution in [0.2, 0.25) is 0 Å². The zero-order valence-electron chi connectivity index (χ0n) is 13.6. The van der Waals surface area contributed by atoms with Gasteiger partial charge in [0.1, 0.15) is 5.82 Å². The Morgan fingerprint density at radius 3 is 2.61 bits per heavy atom. The molecule has 0 saturated carbocycles. The van der Waals surface area contributed by atoms with Gasteiger partial charge in [0.25, 0.3) is 0 Å². The number of hydrogen-bond donors (Lipinski definition) is 1. The van der Waals surface area contributed by atoms with Crippen molar-refractivity contribution in [2.75, 3.05) is 26.2 Å². The molecule has 1 spiro atoms. The molecular weight excluding hydrogens is 331 g/mol. The topological polar surface area (TPSA) is 33.1 Å². The number of aromatic nitrogens is 2. The lowest BCUT2D eigenvalue weighted by molar-refractivity contribution is 0.192. The van der Waals surface area contributed by atoms with Crippen molar-refractivity contribution < 1.29 is 0 Å². The van der Waals surface area contributed by atoms with Gasteiger partial charge in [-0.1, -0.05) is 12.1 Å². The van der Waals surface area contributed by atoms with Crippen LogP contribution in [-0.4, -0.2) is 40.6 Å². The molecule has 2 aliphatic heterocycles. The summed E-state index contributed by atoms with van der Waals surface area (Å²) in [5.74, 6) is 1.20. The number of benzene rings is 1. The quantitative estimate of drug-likeness (QED) is 0.897. The lowest BCUT2D eigenvalue weighted by Gasteiger charge is -2.33. The first kappa shape index (κ1) is 18.5. The van der Waals surface area contributed by atoms with Crippen LogP contribution in [0.4, 0.5) is 0 Å². The van der Waals surface area contributed by atoms with E-state index in [-0.39, 0.29) is 24.8 Å². The van der Waals surface area contributed by atoms with E-state index in [4.69, 9.17) is 4.98 Å². The lowest BCUT2D eigenvalue weighted by atomic mass is 9.78. The summed E-state index contributed by atoms with van der Waals surface area (Å²) >= 11 is 0. The summed E-state index contributed by atoms with van der Waals surface area (Å²) in [6, 6.07) is 8.42. The number of imidazole rings is 1. The summed E-state index contributed by atoms with van der Waals surface area (Å²) < 4.78 is 2.25. The Morgan fingerprint density at radius 2 is 1.87 bits per heavy atom. The number of rotatable bonds is 2. The Morgan fingerprint density at radius 1 is 1.13 bits per heavy atom. The van der Waals surface area contributed by atoms with E-state index in [1.807, 2.05) is 0 Å². The Bertz CT molecular complexity index is 649. The van der Waals surface area contributed by atoms with Gasteiger partial charge in [-0.15, -0.1) is 24.8 Å². The van der Waals surface area contributed by atoms with Gasteiger partial charge in [-0.05, 0) is 56.4 Å². The minimum absolute atomic E-state index is 0. The van der Waals surface area contributed by atoms with Crippen LogP contribution in [0.1, 0.15) is 25.1 Å². The van der Waals surface area contributed by atoms with Crippen LogP contribution >= 0.6 is 24.8 Å². The van der Waals surface area contributed by atoms with Gasteiger partial charge in [0.05, 0.1) is 17.6 Å². The average molecular weight is 357 g/mol. The van der Waals surface area contributed by atoms with Gasteiger partial charge >= 0.3 is 0 Å². The van der Waals surface area contributed by atoms with Crippen molar-refractivity contribution in [1.82, 2.24) is 19.8 Å². The molecular formula is C17H26Cl2N4. The van der Waals surface area contributed by atoms with E-state index < -0.39 is 0 Å². The fourth-order valence-corrected chi connectivity index (χ4v) is 4.06. The molecule has 0 amide bonds. The van der Waals surface area contributed by atoms with E-state index in [9.17, 15) is 0 Å². The predicted octanol–water partition coefficient (Wildman–Crippen LogP) is 2.99. The molecule has 1 aromatic carbocycles. The van der Waals surface area contributed by atoms with Crippen LogP contribution < -0.4 is 5.32 Å². The van der Waals surface area contributed by atoms with Crippen LogP contribution in [0.5, 0.6) is 0 Å². The molecule has 2 aliphatic rings.